The molecule has 0 radical (unpaired) electrons. The summed E-state index contributed by atoms with van der Waals surface area (Å²) in [6, 6.07) is 6.82. The zero-order chi connectivity index (χ0) is 17.7. The molecule has 128 valence electrons. The first-order valence-electron chi connectivity index (χ1n) is 7.85. The van der Waals surface area contributed by atoms with Gasteiger partial charge < -0.3 is 5.32 Å². The molecule has 1 aromatic heterocycles. The second-order valence-electron chi connectivity index (χ2n) is 6.49. The number of nitrogens with one attached hydrogen (secondary N) is 2. The number of amides is 2. The molecule has 0 saturated heterocycles. The maximum absolute atomic E-state index is 12.3. The van der Waals surface area contributed by atoms with Crippen LogP contribution < -0.4 is 10.6 Å². The SMILES string of the molecule is CCCc1nnc(NC(=O)c2cccc(NC(=O)C(C)(C)C)c2)s1. The summed E-state index contributed by atoms with van der Waals surface area (Å²) in [6.45, 7) is 7.57. The highest BCUT2D eigenvalue weighted by atomic mass is 32.1. The van der Waals surface area contributed by atoms with Crippen LogP contribution >= 0.6 is 11.3 Å². The van der Waals surface area contributed by atoms with E-state index < -0.39 is 5.41 Å². The van der Waals surface area contributed by atoms with Crippen LogP contribution in [0.15, 0.2) is 24.3 Å². The number of carbonyl (C=O) groups excluding carboxylic acids is 2. The van der Waals surface area contributed by atoms with Crippen molar-refractivity contribution >= 4 is 34.0 Å². The average Bonchev–Trinajstić information content (AvgIpc) is 2.94. The van der Waals surface area contributed by atoms with Crippen molar-refractivity contribution in [1.29, 1.82) is 0 Å². The Morgan fingerprint density at radius 2 is 1.92 bits per heavy atom. The summed E-state index contributed by atoms with van der Waals surface area (Å²) in [5, 5.41) is 14.9. The molecular formula is C17H22N4O2S. The fourth-order valence-electron chi connectivity index (χ4n) is 1.85. The molecule has 1 heterocycles. The van der Waals surface area contributed by atoms with Crippen LogP contribution in [0.2, 0.25) is 0 Å². The normalized spacial score (nSPS) is 11.2. The topological polar surface area (TPSA) is 84.0 Å². The van der Waals surface area contributed by atoms with E-state index in [-0.39, 0.29) is 11.8 Å². The Morgan fingerprint density at radius 3 is 2.58 bits per heavy atom. The van der Waals surface area contributed by atoms with E-state index in [4.69, 9.17) is 0 Å². The van der Waals surface area contributed by atoms with Crippen molar-refractivity contribution in [1.82, 2.24) is 10.2 Å². The number of rotatable bonds is 5. The lowest BCUT2D eigenvalue weighted by Gasteiger charge is -2.17. The van der Waals surface area contributed by atoms with Gasteiger partial charge in [-0.15, -0.1) is 10.2 Å². The van der Waals surface area contributed by atoms with Gasteiger partial charge >= 0.3 is 0 Å². The fraction of sp³-hybridized carbons (Fsp3) is 0.412. The number of aryl methyl sites for hydroxylation is 1. The van der Waals surface area contributed by atoms with Crippen molar-refractivity contribution in [2.24, 2.45) is 5.41 Å². The first-order valence-corrected chi connectivity index (χ1v) is 8.66. The zero-order valence-corrected chi connectivity index (χ0v) is 15.2. The number of carbonyl (C=O) groups is 2. The van der Waals surface area contributed by atoms with Crippen molar-refractivity contribution in [3.63, 3.8) is 0 Å². The third-order valence-electron chi connectivity index (χ3n) is 3.21. The molecule has 0 bridgehead atoms. The Bertz CT molecular complexity index is 734. The fourth-order valence-corrected chi connectivity index (χ4v) is 2.68. The second kappa shape index (κ2) is 7.53. The predicted molar refractivity (Wildman–Crippen MR) is 96.4 cm³/mol. The van der Waals surface area contributed by atoms with E-state index in [0.717, 1.165) is 17.8 Å². The summed E-state index contributed by atoms with van der Waals surface area (Å²) in [7, 11) is 0. The molecule has 2 aromatic rings. The lowest BCUT2D eigenvalue weighted by Crippen LogP contribution is -2.27. The maximum Gasteiger partial charge on any atom is 0.257 e. The van der Waals surface area contributed by atoms with Gasteiger partial charge in [0.25, 0.3) is 5.91 Å². The largest absolute Gasteiger partial charge is 0.326 e. The molecule has 2 N–H and O–H groups in total. The Labute approximate surface area is 145 Å². The first kappa shape index (κ1) is 18.1. The summed E-state index contributed by atoms with van der Waals surface area (Å²) in [4.78, 5) is 24.4. The van der Waals surface area contributed by atoms with E-state index in [1.54, 1.807) is 24.3 Å². The van der Waals surface area contributed by atoms with Crippen LogP contribution in [0.25, 0.3) is 0 Å². The summed E-state index contributed by atoms with van der Waals surface area (Å²) >= 11 is 1.37. The van der Waals surface area contributed by atoms with Gasteiger partial charge in [0.15, 0.2) is 0 Å². The summed E-state index contributed by atoms with van der Waals surface area (Å²) in [5.41, 5.74) is 0.543. The predicted octanol–water partition coefficient (Wildman–Crippen LogP) is 3.73. The molecule has 0 fully saturated rings. The van der Waals surface area contributed by atoms with Crippen LogP contribution in [-0.4, -0.2) is 22.0 Å². The average molecular weight is 346 g/mol. The Balaban J connectivity index is 2.06. The minimum atomic E-state index is -0.500. The number of hydrogen-bond donors (Lipinski definition) is 2. The van der Waals surface area contributed by atoms with Gasteiger partial charge in [-0.1, -0.05) is 45.1 Å². The van der Waals surface area contributed by atoms with Crippen LogP contribution in [0.4, 0.5) is 10.8 Å². The van der Waals surface area contributed by atoms with Gasteiger partial charge in [0.2, 0.25) is 11.0 Å². The molecule has 0 spiro atoms. The second-order valence-corrected chi connectivity index (χ2v) is 7.55. The molecular weight excluding hydrogens is 324 g/mol. The Morgan fingerprint density at radius 1 is 1.17 bits per heavy atom. The number of aromatic nitrogens is 2. The monoisotopic (exact) mass is 346 g/mol. The molecule has 6 nitrogen and oxygen atoms in total. The van der Waals surface area contributed by atoms with E-state index in [0.29, 0.717) is 16.4 Å². The van der Waals surface area contributed by atoms with Crippen molar-refractivity contribution in [3.05, 3.63) is 34.8 Å². The summed E-state index contributed by atoms with van der Waals surface area (Å²) in [6.07, 6.45) is 1.83. The standard InChI is InChI=1S/C17H22N4O2S/c1-5-7-13-20-21-16(24-13)19-14(22)11-8-6-9-12(10-11)18-15(23)17(2,3)4/h6,8-10H,5,7H2,1-4H3,(H,18,23)(H,19,21,22). The van der Waals surface area contributed by atoms with Gasteiger partial charge in [0.1, 0.15) is 5.01 Å². The van der Waals surface area contributed by atoms with E-state index in [2.05, 4.69) is 27.8 Å². The highest BCUT2D eigenvalue weighted by Gasteiger charge is 2.21. The maximum atomic E-state index is 12.3. The van der Waals surface area contributed by atoms with Crippen molar-refractivity contribution in [3.8, 4) is 0 Å². The van der Waals surface area contributed by atoms with Gasteiger partial charge in [-0.05, 0) is 24.6 Å². The molecule has 0 saturated carbocycles. The minimum absolute atomic E-state index is 0.103. The third-order valence-corrected chi connectivity index (χ3v) is 4.11. The minimum Gasteiger partial charge on any atom is -0.326 e. The van der Waals surface area contributed by atoms with Crippen LogP contribution in [0, 0.1) is 5.41 Å². The van der Waals surface area contributed by atoms with Gasteiger partial charge in [0, 0.05) is 23.1 Å². The molecule has 0 unspecified atom stereocenters. The lowest BCUT2D eigenvalue weighted by molar-refractivity contribution is -0.123. The highest BCUT2D eigenvalue weighted by molar-refractivity contribution is 7.15. The molecule has 0 atom stereocenters. The van der Waals surface area contributed by atoms with Crippen LogP contribution in [0.3, 0.4) is 0 Å². The number of nitrogens with zero attached hydrogens (tertiary/aromatic N) is 2. The number of anilines is 2. The molecule has 24 heavy (non-hydrogen) atoms. The number of hydrogen-bond acceptors (Lipinski definition) is 5. The van der Waals surface area contributed by atoms with E-state index in [1.165, 1.54) is 11.3 Å². The Hall–Kier alpha value is -2.28. The van der Waals surface area contributed by atoms with E-state index in [9.17, 15) is 9.59 Å². The smallest absolute Gasteiger partial charge is 0.257 e. The molecule has 7 heteroatoms. The highest BCUT2D eigenvalue weighted by Crippen LogP contribution is 2.20. The Kier molecular flexibility index (Phi) is 5.66. The molecule has 0 aliphatic rings. The first-order chi connectivity index (χ1) is 11.3. The van der Waals surface area contributed by atoms with Crippen molar-refractivity contribution in [2.75, 3.05) is 10.6 Å². The zero-order valence-electron chi connectivity index (χ0n) is 14.3. The lowest BCUT2D eigenvalue weighted by atomic mass is 9.95. The van der Waals surface area contributed by atoms with Crippen LogP contribution in [-0.2, 0) is 11.2 Å². The van der Waals surface area contributed by atoms with Gasteiger partial charge in [-0.2, -0.15) is 0 Å². The van der Waals surface area contributed by atoms with Crippen LogP contribution in [0.5, 0.6) is 0 Å². The van der Waals surface area contributed by atoms with Gasteiger partial charge in [-0.3, -0.25) is 14.9 Å². The summed E-state index contributed by atoms with van der Waals surface area (Å²) < 4.78 is 0. The van der Waals surface area contributed by atoms with E-state index >= 15 is 0 Å². The third kappa shape index (κ3) is 4.86. The van der Waals surface area contributed by atoms with Gasteiger partial charge in [-0.25, -0.2) is 0 Å². The molecule has 1 aromatic carbocycles. The quantitative estimate of drug-likeness (QED) is 0.864. The van der Waals surface area contributed by atoms with Gasteiger partial charge in [0.05, 0.1) is 0 Å². The van der Waals surface area contributed by atoms with E-state index in [1.807, 2.05) is 20.8 Å². The molecule has 2 amide bonds. The number of benzene rings is 1. The van der Waals surface area contributed by atoms with Crippen molar-refractivity contribution < 1.29 is 9.59 Å². The molecule has 0 aliphatic heterocycles. The molecule has 0 aliphatic carbocycles. The molecule has 2 rings (SSSR count). The van der Waals surface area contributed by atoms with Crippen LogP contribution in [0.1, 0.15) is 49.5 Å². The summed E-state index contributed by atoms with van der Waals surface area (Å²) in [5.74, 6) is -0.380. The van der Waals surface area contributed by atoms with Crippen molar-refractivity contribution in [2.45, 2.75) is 40.5 Å².